The van der Waals surface area contributed by atoms with Crippen molar-refractivity contribution in [2.75, 3.05) is 172 Å². The van der Waals surface area contributed by atoms with Crippen LogP contribution in [-0.2, 0) is 66.3 Å². The Morgan fingerprint density at radius 2 is 0.620 bits per heavy atom. The number of hydrogen-bond donors (Lipinski definition) is 1. The Morgan fingerprint density at radius 3 is 0.840 bits per heavy atom. The molecule has 0 fully saturated rings. The van der Waals surface area contributed by atoms with Crippen LogP contribution in [0.2, 0.25) is 0 Å². The lowest BCUT2D eigenvalue weighted by molar-refractivity contribution is -0.0298. The van der Waals surface area contributed by atoms with Crippen LogP contribution in [0.4, 0.5) is 4.79 Å². The van der Waals surface area contributed by atoms with Gasteiger partial charge in [0.25, 0.3) is 0 Å². The van der Waals surface area contributed by atoms with Crippen LogP contribution in [0, 0.1) is 0 Å². The van der Waals surface area contributed by atoms with Gasteiger partial charge < -0.3 is 71.6 Å². The van der Waals surface area contributed by atoms with E-state index >= 15 is 0 Å². The molecular formula is C34H69NO15. The van der Waals surface area contributed by atoms with E-state index in [2.05, 4.69) is 5.32 Å². The third-order valence-corrected chi connectivity index (χ3v) is 5.69. The molecule has 0 heterocycles. The van der Waals surface area contributed by atoms with Gasteiger partial charge in [-0.1, -0.05) is 0 Å². The number of ether oxygens (including phenoxy) is 14. The number of rotatable bonds is 40. The maximum Gasteiger partial charge on any atom is 0.407 e. The van der Waals surface area contributed by atoms with E-state index < -0.39 is 11.7 Å². The molecular weight excluding hydrogens is 662 g/mol. The smallest absolute Gasteiger partial charge is 0.407 e. The highest BCUT2D eigenvalue weighted by Gasteiger charge is 2.15. The van der Waals surface area contributed by atoms with Crippen molar-refractivity contribution in [3.63, 3.8) is 0 Å². The third kappa shape index (κ3) is 44.8. The quantitative estimate of drug-likeness (QED) is 0.0914. The summed E-state index contributed by atoms with van der Waals surface area (Å²) in [7, 11) is 0. The summed E-state index contributed by atoms with van der Waals surface area (Å²) in [6.45, 7) is 22.4. The van der Waals surface area contributed by atoms with Crippen LogP contribution in [-0.4, -0.2) is 190 Å². The minimum absolute atomic E-state index is 0.227. The molecule has 0 rings (SSSR count). The lowest BCUT2D eigenvalue weighted by Crippen LogP contribution is -2.34. The van der Waals surface area contributed by atoms with Crippen LogP contribution in [0.3, 0.4) is 0 Å². The Bertz CT molecular complexity index is 686. The lowest BCUT2D eigenvalue weighted by atomic mass is 10.2. The molecule has 0 aromatic rings. The SMILES string of the molecule is CC(C)OCCOCCOCCOCCOCCOCCOCCOCCOCCOCCOCCOCCOCCNC(=O)OC(C)(C)C. The van der Waals surface area contributed by atoms with E-state index in [0.717, 1.165) is 0 Å². The average Bonchev–Trinajstić information content (AvgIpc) is 3.06. The maximum absolute atomic E-state index is 11.5. The fourth-order valence-electron chi connectivity index (χ4n) is 3.40. The molecule has 0 aliphatic carbocycles. The highest BCUT2D eigenvalue weighted by Crippen LogP contribution is 2.06. The molecule has 0 spiro atoms. The van der Waals surface area contributed by atoms with Gasteiger partial charge in [0.1, 0.15) is 5.60 Å². The van der Waals surface area contributed by atoms with Gasteiger partial charge in [-0.25, -0.2) is 4.79 Å². The standard InChI is InChI=1S/C34H69NO15/c1-32(2)49-31-30-48-29-28-47-27-26-46-25-24-45-23-22-44-21-20-43-19-18-42-17-16-41-15-14-40-13-12-39-11-10-38-9-8-37-7-6-35-33(36)50-34(3,4)5/h32H,6-31H2,1-5H3,(H,35,36). The highest BCUT2D eigenvalue weighted by atomic mass is 16.6. The zero-order valence-corrected chi connectivity index (χ0v) is 31.6. The second kappa shape index (κ2) is 39.0. The van der Waals surface area contributed by atoms with Gasteiger partial charge in [0.15, 0.2) is 0 Å². The van der Waals surface area contributed by atoms with Gasteiger partial charge in [0.05, 0.1) is 171 Å². The number of amides is 1. The fourth-order valence-corrected chi connectivity index (χ4v) is 3.40. The number of carbonyl (C=O) groups is 1. The predicted molar refractivity (Wildman–Crippen MR) is 185 cm³/mol. The Kier molecular flexibility index (Phi) is 38.0. The summed E-state index contributed by atoms with van der Waals surface area (Å²) in [4.78, 5) is 11.5. The van der Waals surface area contributed by atoms with Crippen molar-refractivity contribution < 1.29 is 71.1 Å². The molecule has 0 aliphatic heterocycles. The number of hydrogen-bond acceptors (Lipinski definition) is 15. The summed E-state index contributed by atoms with van der Waals surface area (Å²) in [6, 6.07) is 0. The van der Waals surface area contributed by atoms with Crippen molar-refractivity contribution >= 4 is 6.09 Å². The van der Waals surface area contributed by atoms with Crippen LogP contribution in [0.1, 0.15) is 34.6 Å². The molecule has 0 saturated carbocycles. The van der Waals surface area contributed by atoms with Crippen LogP contribution in [0.25, 0.3) is 0 Å². The monoisotopic (exact) mass is 731 g/mol. The Hall–Kier alpha value is -1.25. The first kappa shape index (κ1) is 48.8. The Morgan fingerprint density at radius 1 is 0.400 bits per heavy atom. The second-order valence-electron chi connectivity index (χ2n) is 11.7. The zero-order chi connectivity index (χ0) is 36.6. The normalized spacial score (nSPS) is 11.9. The van der Waals surface area contributed by atoms with Crippen molar-refractivity contribution in [1.29, 1.82) is 0 Å². The molecule has 0 aliphatic rings. The van der Waals surface area contributed by atoms with Gasteiger partial charge in [0.2, 0.25) is 0 Å². The highest BCUT2D eigenvalue weighted by molar-refractivity contribution is 5.67. The van der Waals surface area contributed by atoms with Crippen LogP contribution < -0.4 is 5.32 Å². The average molecular weight is 732 g/mol. The van der Waals surface area contributed by atoms with Crippen molar-refractivity contribution in [2.45, 2.75) is 46.3 Å². The molecule has 1 amide bonds. The number of nitrogens with one attached hydrogen (secondary N) is 1. The van der Waals surface area contributed by atoms with Gasteiger partial charge in [-0.2, -0.15) is 0 Å². The second-order valence-corrected chi connectivity index (χ2v) is 11.7. The summed E-state index contributed by atoms with van der Waals surface area (Å²) in [5, 5.41) is 2.63. The van der Waals surface area contributed by atoms with Crippen molar-refractivity contribution in [1.82, 2.24) is 5.32 Å². The first-order valence-electron chi connectivity index (χ1n) is 17.8. The minimum atomic E-state index is -0.513. The third-order valence-electron chi connectivity index (χ3n) is 5.69. The minimum Gasteiger partial charge on any atom is -0.444 e. The predicted octanol–water partition coefficient (Wildman–Crippen LogP) is 2.14. The molecule has 0 saturated heterocycles. The van der Waals surface area contributed by atoms with E-state index in [1.54, 1.807) is 0 Å². The fraction of sp³-hybridized carbons (Fsp3) is 0.971. The van der Waals surface area contributed by atoms with Gasteiger partial charge in [-0.05, 0) is 34.6 Å². The topological polar surface area (TPSA) is 158 Å². The molecule has 0 aromatic heterocycles. The Balaban J connectivity index is 3.09. The summed E-state index contributed by atoms with van der Waals surface area (Å²) in [5.41, 5.74) is -0.513. The summed E-state index contributed by atoms with van der Waals surface area (Å²) < 4.78 is 76.0. The lowest BCUT2D eigenvalue weighted by Gasteiger charge is -2.19. The van der Waals surface area contributed by atoms with E-state index in [9.17, 15) is 4.79 Å². The van der Waals surface area contributed by atoms with Crippen molar-refractivity contribution in [3.8, 4) is 0 Å². The summed E-state index contributed by atoms with van der Waals surface area (Å²) >= 11 is 0. The first-order valence-corrected chi connectivity index (χ1v) is 17.8. The van der Waals surface area contributed by atoms with Crippen molar-refractivity contribution in [3.05, 3.63) is 0 Å². The number of carbonyl (C=O) groups excluding carboxylic acids is 1. The largest absolute Gasteiger partial charge is 0.444 e. The maximum atomic E-state index is 11.5. The Labute approximate surface area is 300 Å². The molecule has 0 atom stereocenters. The van der Waals surface area contributed by atoms with E-state index in [1.165, 1.54) is 0 Å². The molecule has 300 valence electrons. The van der Waals surface area contributed by atoms with Crippen LogP contribution in [0.5, 0.6) is 0 Å². The molecule has 16 heteroatoms. The molecule has 0 unspecified atom stereocenters. The summed E-state index contributed by atoms with van der Waals surface area (Å²) in [6.07, 6.45) is -0.227. The zero-order valence-electron chi connectivity index (χ0n) is 31.6. The summed E-state index contributed by atoms with van der Waals surface area (Å²) in [5.74, 6) is 0. The first-order chi connectivity index (χ1) is 24.3. The molecule has 0 bridgehead atoms. The van der Waals surface area contributed by atoms with Gasteiger partial charge in [-0.3, -0.25) is 0 Å². The van der Waals surface area contributed by atoms with E-state index in [1.807, 2.05) is 34.6 Å². The van der Waals surface area contributed by atoms with E-state index in [4.69, 9.17) is 66.3 Å². The van der Waals surface area contributed by atoms with E-state index in [-0.39, 0.29) is 6.10 Å². The molecule has 50 heavy (non-hydrogen) atoms. The molecule has 0 radical (unpaired) electrons. The van der Waals surface area contributed by atoms with Crippen LogP contribution >= 0.6 is 0 Å². The molecule has 0 aromatic carbocycles. The van der Waals surface area contributed by atoms with Crippen molar-refractivity contribution in [2.24, 2.45) is 0 Å². The van der Waals surface area contributed by atoms with Gasteiger partial charge in [0, 0.05) is 6.54 Å². The van der Waals surface area contributed by atoms with Gasteiger partial charge in [-0.15, -0.1) is 0 Å². The van der Waals surface area contributed by atoms with E-state index in [0.29, 0.717) is 172 Å². The molecule has 16 nitrogen and oxygen atoms in total. The van der Waals surface area contributed by atoms with Gasteiger partial charge >= 0.3 is 6.09 Å². The number of alkyl carbamates (subject to hydrolysis) is 1. The van der Waals surface area contributed by atoms with Crippen LogP contribution in [0.15, 0.2) is 0 Å². The molecule has 1 N–H and O–H groups in total.